The van der Waals surface area contributed by atoms with Gasteiger partial charge in [-0.2, -0.15) is 0 Å². The van der Waals surface area contributed by atoms with Crippen molar-refractivity contribution in [2.24, 2.45) is 0 Å². The number of rotatable bonds is 0. The van der Waals surface area contributed by atoms with Crippen LogP contribution >= 0.6 is 10.6 Å². The maximum absolute atomic E-state index is 3.77. The maximum atomic E-state index is 3.77. The maximum Gasteiger partial charge on any atom is 0 e. The third-order valence-electron chi connectivity index (χ3n) is 0. The molecule has 0 unspecified atom stereocenters. The average Bonchev–Trinajstić information content (AvgIpc) is 1.00. The molecule has 0 saturated carbocycles. The molecule has 0 atom stereocenters. The van der Waals surface area contributed by atoms with E-state index in [0.29, 0.717) is 0 Å². The molecule has 0 fully saturated rings. The van der Waals surface area contributed by atoms with Crippen molar-refractivity contribution in [3.63, 3.8) is 0 Å². The van der Waals surface area contributed by atoms with Crippen LogP contribution in [0.3, 0.4) is 0 Å². The van der Waals surface area contributed by atoms with Gasteiger partial charge in [-0.25, -0.2) is 0 Å². The SMILES string of the molecule is [Fe].[S]=[Co].[Zn]. The fourth-order valence-corrected chi connectivity index (χ4v) is 0. The molecule has 0 rings (SSSR count). The Morgan fingerprint density at radius 2 is 1.25 bits per heavy atom. The molecule has 0 saturated heterocycles. The summed E-state index contributed by atoms with van der Waals surface area (Å²) in [5.41, 5.74) is 0. The number of hydrogen-bond acceptors (Lipinski definition) is 1. The fraction of sp³-hybridized carbons (Fsp3) is 0. The van der Waals surface area contributed by atoms with E-state index in [1.54, 1.807) is 0 Å². The summed E-state index contributed by atoms with van der Waals surface area (Å²) in [5.74, 6) is 0. The van der Waals surface area contributed by atoms with Gasteiger partial charge in [-0.05, 0) is 0 Å². The summed E-state index contributed by atoms with van der Waals surface area (Å²) >= 11 is 3.15. The monoisotopic (exact) mass is 211 g/mol. The second kappa shape index (κ2) is 20.9. The second-order valence-corrected chi connectivity index (χ2v) is 0. The molecule has 0 bridgehead atoms. The first-order valence-electron chi connectivity index (χ1n) is 0.136. The molecule has 4 heteroatoms. The number of hydrogen-bond donors (Lipinski definition) is 0. The third kappa shape index (κ3) is 9.12. The molecular weight excluding hydrogens is 212 g/mol. The zero-order valence-electron chi connectivity index (χ0n) is 1.80. The Bertz CT molecular complexity index is 8.00. The van der Waals surface area contributed by atoms with E-state index < -0.39 is 0 Å². The van der Waals surface area contributed by atoms with Gasteiger partial charge in [0.1, 0.15) is 0 Å². The largest absolute Gasteiger partial charge is 0 e. The standard InChI is InChI=1S/Co.Fe.S.Zn. The van der Waals surface area contributed by atoms with Crippen molar-refractivity contribution in [2.75, 3.05) is 0 Å². The Morgan fingerprint density at radius 3 is 1.25 bits per heavy atom. The van der Waals surface area contributed by atoms with E-state index in [9.17, 15) is 0 Å². The average molecular weight is 212 g/mol. The van der Waals surface area contributed by atoms with E-state index in [1.165, 1.54) is 0 Å². The summed E-state index contributed by atoms with van der Waals surface area (Å²) in [6.07, 6.45) is 0. The molecule has 0 aliphatic rings. The van der Waals surface area contributed by atoms with Crippen molar-refractivity contribution < 1.29 is 50.7 Å². The van der Waals surface area contributed by atoms with Gasteiger partial charge in [-0.1, -0.05) is 0 Å². The summed E-state index contributed by atoms with van der Waals surface area (Å²) in [4.78, 5) is 0. The smallest absolute Gasteiger partial charge is 0 e. The summed E-state index contributed by atoms with van der Waals surface area (Å²) in [6, 6.07) is 0. The molecule has 0 aliphatic carbocycles. The summed E-state index contributed by atoms with van der Waals surface area (Å²) in [7, 11) is 3.77. The van der Waals surface area contributed by atoms with Crippen molar-refractivity contribution in [3.8, 4) is 0 Å². The van der Waals surface area contributed by atoms with Crippen LogP contribution in [0.1, 0.15) is 0 Å². The van der Waals surface area contributed by atoms with Crippen molar-refractivity contribution in [2.45, 2.75) is 0 Å². The van der Waals surface area contributed by atoms with E-state index in [4.69, 9.17) is 0 Å². The molecule has 0 nitrogen and oxygen atoms in total. The zero-order valence-corrected chi connectivity index (χ0v) is 7.73. The van der Waals surface area contributed by atoms with Crippen LogP contribution in [0.2, 0.25) is 0 Å². The van der Waals surface area contributed by atoms with Crippen molar-refractivity contribution >= 4 is 10.6 Å². The van der Waals surface area contributed by atoms with Crippen LogP contribution in [-0.4, -0.2) is 0 Å². The van der Waals surface area contributed by atoms with E-state index in [0.717, 1.165) is 0 Å². The van der Waals surface area contributed by atoms with Gasteiger partial charge in [-0.15, -0.1) is 0 Å². The van der Waals surface area contributed by atoms with Gasteiger partial charge in [0.15, 0.2) is 0 Å². The zero-order chi connectivity index (χ0) is 2.00. The minimum Gasteiger partial charge on any atom is 0 e. The van der Waals surface area contributed by atoms with Gasteiger partial charge in [0, 0.05) is 36.5 Å². The van der Waals surface area contributed by atoms with E-state index in [2.05, 4.69) is 24.7 Å². The minimum atomic E-state index is 0. The normalized spacial score (nSPS) is 1.25. The Kier molecular flexibility index (Phi) is 88.2. The second-order valence-electron chi connectivity index (χ2n) is 0. The predicted molar refractivity (Wildman–Crippen MR) is 7.59 cm³/mol. The molecule has 0 N–H and O–H groups in total. The fourth-order valence-electron chi connectivity index (χ4n) is 0. The molecular formula is CoFeSZn. The Balaban J connectivity index is -0.00000000500. The first-order valence-corrected chi connectivity index (χ1v) is 1.68. The predicted octanol–water partition coefficient (Wildman–Crippen LogP) is 0.641. The molecule has 4 heavy (non-hydrogen) atoms. The van der Waals surface area contributed by atoms with Crippen LogP contribution in [0, 0.1) is 0 Å². The molecule has 0 aromatic carbocycles. The van der Waals surface area contributed by atoms with Gasteiger partial charge in [0.05, 0.1) is 0 Å². The van der Waals surface area contributed by atoms with Crippen LogP contribution in [0.5, 0.6) is 0 Å². The van der Waals surface area contributed by atoms with Gasteiger partial charge in [0.25, 0.3) is 0 Å². The van der Waals surface area contributed by atoms with Crippen molar-refractivity contribution in [1.82, 2.24) is 0 Å². The molecule has 0 aliphatic heterocycles. The van der Waals surface area contributed by atoms with Crippen LogP contribution in [0.4, 0.5) is 0 Å². The Labute approximate surface area is 60.8 Å². The quantitative estimate of drug-likeness (QED) is 0.531. The molecule has 0 heterocycles. The van der Waals surface area contributed by atoms with Gasteiger partial charge >= 0.3 is 24.7 Å². The topological polar surface area (TPSA) is 0 Å². The molecule has 0 aromatic heterocycles. The first kappa shape index (κ1) is 16.9. The summed E-state index contributed by atoms with van der Waals surface area (Å²) in [6.45, 7) is 0. The summed E-state index contributed by atoms with van der Waals surface area (Å²) < 4.78 is 0. The minimum absolute atomic E-state index is 0. The van der Waals surface area contributed by atoms with Crippen LogP contribution in [-0.2, 0) is 50.7 Å². The van der Waals surface area contributed by atoms with Crippen LogP contribution < -0.4 is 0 Å². The van der Waals surface area contributed by atoms with E-state index in [1.807, 2.05) is 0 Å². The van der Waals surface area contributed by atoms with Crippen molar-refractivity contribution in [1.29, 1.82) is 0 Å². The Hall–Kier alpha value is 1.87. The Morgan fingerprint density at radius 1 is 1.25 bits per heavy atom. The van der Waals surface area contributed by atoms with E-state index >= 15 is 0 Å². The third-order valence-corrected chi connectivity index (χ3v) is 0. The van der Waals surface area contributed by atoms with Gasteiger partial charge in [0.2, 0.25) is 0 Å². The van der Waals surface area contributed by atoms with Crippen LogP contribution in [0.25, 0.3) is 0 Å². The molecule has 0 aromatic rings. The first-order chi connectivity index (χ1) is 1.00. The summed E-state index contributed by atoms with van der Waals surface area (Å²) in [5, 5.41) is 0. The molecule has 0 amide bonds. The van der Waals surface area contributed by atoms with Gasteiger partial charge < -0.3 is 0 Å². The molecule has 25 valence electrons. The van der Waals surface area contributed by atoms with Crippen molar-refractivity contribution in [3.05, 3.63) is 0 Å². The van der Waals surface area contributed by atoms with E-state index in [-0.39, 0.29) is 36.5 Å². The van der Waals surface area contributed by atoms with Crippen LogP contribution in [0.15, 0.2) is 0 Å². The molecule has 0 spiro atoms. The van der Waals surface area contributed by atoms with Gasteiger partial charge in [-0.3, -0.25) is 0 Å². The molecule has 0 radical (unpaired) electrons.